The number of phenolic OH excluding ortho intramolecular Hbond substituents is 1. The predicted molar refractivity (Wildman–Crippen MR) is 100 cm³/mol. The van der Waals surface area contributed by atoms with Gasteiger partial charge in [-0.15, -0.1) is 0 Å². The third-order valence-corrected chi connectivity index (χ3v) is 4.72. The molecular weight excluding hydrogens is 346 g/mol. The number of fused-ring (bicyclic) bond motifs is 1. The quantitative estimate of drug-likeness (QED) is 0.464. The van der Waals surface area contributed by atoms with Crippen LogP contribution in [0.15, 0.2) is 36.4 Å². The molecule has 0 unspecified atom stereocenters. The van der Waals surface area contributed by atoms with Crippen molar-refractivity contribution in [3.8, 4) is 5.75 Å². The third kappa shape index (κ3) is 4.16. The summed E-state index contributed by atoms with van der Waals surface area (Å²) in [5, 5.41) is 12.6. The first-order chi connectivity index (χ1) is 13.0. The van der Waals surface area contributed by atoms with E-state index in [4.69, 9.17) is 0 Å². The van der Waals surface area contributed by atoms with E-state index in [0.717, 1.165) is 19.3 Å². The van der Waals surface area contributed by atoms with Crippen molar-refractivity contribution < 1.29 is 24.2 Å². The van der Waals surface area contributed by atoms with E-state index in [9.17, 15) is 19.5 Å². The van der Waals surface area contributed by atoms with Crippen LogP contribution in [0.2, 0.25) is 0 Å². The van der Waals surface area contributed by atoms with Crippen LogP contribution >= 0.6 is 0 Å². The summed E-state index contributed by atoms with van der Waals surface area (Å²) in [6.07, 6.45) is 3.22. The summed E-state index contributed by atoms with van der Waals surface area (Å²) in [6.45, 7) is 0. The van der Waals surface area contributed by atoms with Crippen LogP contribution in [-0.2, 0) is 22.4 Å². The van der Waals surface area contributed by atoms with Gasteiger partial charge in [0.05, 0.1) is 12.8 Å². The lowest BCUT2D eigenvalue weighted by Gasteiger charge is -2.10. The lowest BCUT2D eigenvalue weighted by Crippen LogP contribution is -2.14. The van der Waals surface area contributed by atoms with Gasteiger partial charge in [0, 0.05) is 18.4 Å². The molecule has 0 saturated carbocycles. The highest BCUT2D eigenvalue weighted by Gasteiger charge is 2.18. The summed E-state index contributed by atoms with van der Waals surface area (Å²) in [7, 11) is 1.21. The molecule has 6 nitrogen and oxygen atoms in total. The van der Waals surface area contributed by atoms with Gasteiger partial charge in [0.15, 0.2) is 11.5 Å². The number of carbonyl (C=O) groups excluding carboxylic acids is 3. The van der Waals surface area contributed by atoms with Gasteiger partial charge in [-0.3, -0.25) is 9.59 Å². The standard InChI is InChI=1S/C21H21NO5/c1-27-21(26)16-6-3-7-17(20(16)25)22-19(24)11-10-18(23)15-9-8-13-4-2-5-14(13)12-15/h3,6-9,12,25H,2,4-5,10-11H2,1H3,(H,22,24). The molecule has 0 bridgehead atoms. The Hall–Kier alpha value is -3.15. The number of nitrogens with one attached hydrogen (secondary N) is 1. The monoisotopic (exact) mass is 367 g/mol. The van der Waals surface area contributed by atoms with Crippen LogP contribution in [0.5, 0.6) is 5.75 Å². The molecule has 2 aromatic carbocycles. The zero-order valence-electron chi connectivity index (χ0n) is 15.1. The maximum atomic E-state index is 12.4. The van der Waals surface area contributed by atoms with Crippen LogP contribution in [0, 0.1) is 0 Å². The van der Waals surface area contributed by atoms with Gasteiger partial charge >= 0.3 is 5.97 Å². The molecule has 0 fully saturated rings. The van der Waals surface area contributed by atoms with Gasteiger partial charge in [0.2, 0.25) is 5.91 Å². The fourth-order valence-electron chi connectivity index (χ4n) is 3.25. The summed E-state index contributed by atoms with van der Waals surface area (Å²) in [4.78, 5) is 36.1. The van der Waals surface area contributed by atoms with Crippen LogP contribution in [0.25, 0.3) is 0 Å². The predicted octanol–water partition coefficient (Wildman–Crippen LogP) is 3.27. The number of aromatic hydroxyl groups is 1. The number of phenols is 1. The maximum Gasteiger partial charge on any atom is 0.341 e. The van der Waals surface area contributed by atoms with E-state index in [0.29, 0.717) is 5.56 Å². The first-order valence-electron chi connectivity index (χ1n) is 8.84. The number of hydrogen-bond donors (Lipinski definition) is 2. The Morgan fingerprint density at radius 3 is 2.63 bits per heavy atom. The second-order valence-electron chi connectivity index (χ2n) is 6.50. The Labute approximate surface area is 157 Å². The van der Waals surface area contributed by atoms with E-state index in [1.165, 1.54) is 36.4 Å². The van der Waals surface area contributed by atoms with Gasteiger partial charge < -0.3 is 15.2 Å². The Bertz CT molecular complexity index is 903. The summed E-state index contributed by atoms with van der Waals surface area (Å²) in [5.41, 5.74) is 3.21. The number of methoxy groups -OCH3 is 1. The van der Waals surface area contributed by atoms with Crippen molar-refractivity contribution in [2.45, 2.75) is 32.1 Å². The van der Waals surface area contributed by atoms with Crippen molar-refractivity contribution in [2.75, 3.05) is 12.4 Å². The number of ketones is 1. The molecule has 3 rings (SSSR count). The first kappa shape index (κ1) is 18.6. The van der Waals surface area contributed by atoms with Crippen molar-refractivity contribution in [2.24, 2.45) is 0 Å². The third-order valence-electron chi connectivity index (χ3n) is 4.72. The summed E-state index contributed by atoms with van der Waals surface area (Å²) in [5.74, 6) is -1.56. The van der Waals surface area contributed by atoms with Crippen molar-refractivity contribution in [1.82, 2.24) is 0 Å². The number of benzene rings is 2. The molecule has 0 radical (unpaired) electrons. The largest absolute Gasteiger partial charge is 0.505 e. The fraction of sp³-hybridized carbons (Fsp3) is 0.286. The van der Waals surface area contributed by atoms with Gasteiger partial charge in [-0.2, -0.15) is 0 Å². The minimum atomic E-state index is -0.699. The lowest BCUT2D eigenvalue weighted by atomic mass is 10.0. The molecule has 0 atom stereocenters. The van der Waals surface area contributed by atoms with E-state index in [2.05, 4.69) is 10.1 Å². The Kier molecular flexibility index (Phi) is 5.54. The summed E-state index contributed by atoms with van der Waals surface area (Å²) >= 11 is 0. The van der Waals surface area contributed by atoms with Crippen molar-refractivity contribution in [3.63, 3.8) is 0 Å². The fourth-order valence-corrected chi connectivity index (χ4v) is 3.25. The number of rotatable bonds is 6. The van der Waals surface area contributed by atoms with Crippen LogP contribution in [0.1, 0.15) is 51.1 Å². The Balaban J connectivity index is 1.60. The Morgan fingerprint density at radius 1 is 1.07 bits per heavy atom. The molecule has 0 saturated heterocycles. The number of ether oxygens (including phenoxy) is 1. The first-order valence-corrected chi connectivity index (χ1v) is 8.84. The van der Waals surface area contributed by atoms with Crippen LogP contribution in [-0.4, -0.2) is 29.9 Å². The van der Waals surface area contributed by atoms with E-state index in [1.54, 1.807) is 0 Å². The molecule has 0 aromatic heterocycles. The molecule has 1 amide bonds. The van der Waals surface area contributed by atoms with E-state index >= 15 is 0 Å². The highest BCUT2D eigenvalue weighted by molar-refractivity contribution is 6.02. The molecule has 1 aliphatic carbocycles. The Morgan fingerprint density at radius 2 is 1.85 bits per heavy atom. The SMILES string of the molecule is COC(=O)c1cccc(NC(=O)CCC(=O)c2ccc3c(c2)CCC3)c1O. The minimum Gasteiger partial charge on any atom is -0.505 e. The smallest absolute Gasteiger partial charge is 0.341 e. The molecule has 1 aliphatic rings. The lowest BCUT2D eigenvalue weighted by molar-refractivity contribution is -0.116. The molecular formula is C21H21NO5. The van der Waals surface area contributed by atoms with Gasteiger partial charge in [0.1, 0.15) is 5.56 Å². The molecule has 2 aromatic rings. The number of carbonyl (C=O) groups is 3. The number of aryl methyl sites for hydroxylation is 2. The zero-order chi connectivity index (χ0) is 19.4. The van der Waals surface area contributed by atoms with E-state index in [1.807, 2.05) is 18.2 Å². The summed E-state index contributed by atoms with van der Waals surface area (Å²) < 4.78 is 4.58. The van der Waals surface area contributed by atoms with Gasteiger partial charge in [-0.05, 0) is 48.6 Å². The van der Waals surface area contributed by atoms with Crippen LogP contribution < -0.4 is 5.32 Å². The van der Waals surface area contributed by atoms with Crippen molar-refractivity contribution in [1.29, 1.82) is 0 Å². The van der Waals surface area contributed by atoms with Crippen molar-refractivity contribution in [3.05, 3.63) is 58.7 Å². The normalized spacial score (nSPS) is 12.3. The number of anilines is 1. The average molecular weight is 367 g/mol. The van der Waals surface area contributed by atoms with Gasteiger partial charge in [-0.1, -0.05) is 18.2 Å². The van der Waals surface area contributed by atoms with Crippen LogP contribution in [0.3, 0.4) is 0 Å². The molecule has 0 spiro atoms. The maximum absolute atomic E-state index is 12.4. The number of para-hydroxylation sites is 1. The highest BCUT2D eigenvalue weighted by atomic mass is 16.5. The number of Topliss-reactive ketones (excluding diaryl/α,β-unsaturated/α-hetero) is 1. The van der Waals surface area contributed by atoms with Gasteiger partial charge in [-0.25, -0.2) is 4.79 Å². The second kappa shape index (κ2) is 8.03. The average Bonchev–Trinajstić information content (AvgIpc) is 3.15. The molecule has 140 valence electrons. The van der Waals surface area contributed by atoms with E-state index < -0.39 is 11.9 Å². The number of hydrogen-bond acceptors (Lipinski definition) is 5. The van der Waals surface area contributed by atoms with Gasteiger partial charge in [0.25, 0.3) is 0 Å². The molecule has 0 heterocycles. The summed E-state index contributed by atoms with van der Waals surface area (Å²) in [6, 6.07) is 10.1. The van der Waals surface area contributed by atoms with E-state index in [-0.39, 0.29) is 35.6 Å². The number of esters is 1. The molecule has 2 N–H and O–H groups in total. The number of amides is 1. The topological polar surface area (TPSA) is 92.7 Å². The molecule has 6 heteroatoms. The molecule has 0 aliphatic heterocycles. The van der Waals surface area contributed by atoms with Crippen LogP contribution in [0.4, 0.5) is 5.69 Å². The van der Waals surface area contributed by atoms with Crippen molar-refractivity contribution >= 4 is 23.3 Å². The second-order valence-corrected chi connectivity index (χ2v) is 6.50. The zero-order valence-corrected chi connectivity index (χ0v) is 15.1. The minimum absolute atomic E-state index is 0.0161. The molecule has 27 heavy (non-hydrogen) atoms. The highest BCUT2D eigenvalue weighted by Crippen LogP contribution is 2.28.